The molecular weight excluding hydrogens is 490 g/mol. The number of furan rings is 1. The average Bonchev–Trinajstić information content (AvgIpc) is 3.26. The molecule has 1 aromatic heterocycles. The number of nitrogens with zero attached hydrogens (tertiary/aromatic N) is 1. The highest BCUT2D eigenvalue weighted by Gasteiger charge is 2.29. The van der Waals surface area contributed by atoms with Crippen molar-refractivity contribution in [2.45, 2.75) is 71.9 Å². The second kappa shape index (κ2) is 15.7. The van der Waals surface area contributed by atoms with Gasteiger partial charge in [0.1, 0.15) is 12.2 Å². The van der Waals surface area contributed by atoms with Crippen LogP contribution in [0.1, 0.15) is 58.1 Å². The summed E-state index contributed by atoms with van der Waals surface area (Å²) >= 11 is 0. The number of methoxy groups -OCH3 is 1. The van der Waals surface area contributed by atoms with Crippen LogP contribution in [-0.4, -0.2) is 55.1 Å². The van der Waals surface area contributed by atoms with Crippen LogP contribution in [0.15, 0.2) is 28.9 Å². The van der Waals surface area contributed by atoms with Crippen LogP contribution in [-0.2, 0) is 27.2 Å². The largest absolute Gasteiger partial charge is 0.464 e. The lowest BCUT2D eigenvalue weighted by atomic mass is 9.80. The zero-order valence-corrected chi connectivity index (χ0v) is 23.4. The van der Waals surface area contributed by atoms with Gasteiger partial charge in [0.25, 0.3) is 5.09 Å². The first-order valence-electron chi connectivity index (χ1n) is 13.5. The van der Waals surface area contributed by atoms with Gasteiger partial charge in [-0.05, 0) is 73.1 Å². The zero-order chi connectivity index (χ0) is 28.2. The molecule has 0 unspecified atom stereocenters. The number of fused-ring (bicyclic) bond motifs is 1. The maximum absolute atomic E-state index is 12.7. The van der Waals surface area contributed by atoms with Crippen molar-refractivity contribution in [2.75, 3.05) is 26.9 Å². The smallest absolute Gasteiger partial charge is 0.294 e. The second-order valence-electron chi connectivity index (χ2n) is 10.8. The van der Waals surface area contributed by atoms with Crippen LogP contribution >= 0.6 is 0 Å². The summed E-state index contributed by atoms with van der Waals surface area (Å²) in [5.41, 5.74) is 9.72. The standard InChI is InChI=1S/C28H45N3O7/c1-18(2)22(13-20-8-9-27-24(14-20)21(17-37-27)7-6-11-36-5)15-25(29)26(32)16-23(19(3)4)28(33)30-10-12-38-31(34)35/h8-9,14,17-19,22-23,25-26,32H,6-7,10-13,15-16,29H2,1-5H3,(H,30,33)/t22-,23-,25-,26-/m0/s1. The topological polar surface area (TPSA) is 150 Å². The van der Waals surface area contributed by atoms with Crippen LogP contribution in [0, 0.1) is 33.8 Å². The van der Waals surface area contributed by atoms with Gasteiger partial charge in [-0.25, -0.2) is 0 Å². The Hall–Kier alpha value is -2.69. The van der Waals surface area contributed by atoms with Crippen molar-refractivity contribution in [1.82, 2.24) is 5.32 Å². The summed E-state index contributed by atoms with van der Waals surface area (Å²) in [6.07, 6.45) is 4.45. The fraction of sp³-hybridized carbons (Fsp3) is 0.679. The zero-order valence-electron chi connectivity index (χ0n) is 23.4. The van der Waals surface area contributed by atoms with Crippen LogP contribution in [0.4, 0.5) is 0 Å². The fourth-order valence-corrected chi connectivity index (χ4v) is 4.80. The lowest BCUT2D eigenvalue weighted by Gasteiger charge is -2.30. The van der Waals surface area contributed by atoms with Crippen molar-refractivity contribution < 1.29 is 29.0 Å². The third-order valence-corrected chi connectivity index (χ3v) is 7.26. The molecule has 214 valence electrons. The number of aliphatic hydroxyl groups is 1. The Morgan fingerprint density at radius 1 is 1.18 bits per heavy atom. The normalized spacial score (nSPS) is 15.0. The number of rotatable bonds is 18. The molecule has 10 heteroatoms. The van der Waals surface area contributed by atoms with Crippen molar-refractivity contribution in [1.29, 1.82) is 0 Å². The molecule has 0 fully saturated rings. The van der Waals surface area contributed by atoms with Crippen LogP contribution in [0.25, 0.3) is 11.0 Å². The van der Waals surface area contributed by atoms with Crippen molar-refractivity contribution in [3.8, 4) is 0 Å². The molecule has 4 N–H and O–H groups in total. The molecule has 0 aliphatic carbocycles. The predicted molar refractivity (Wildman–Crippen MR) is 146 cm³/mol. The van der Waals surface area contributed by atoms with Gasteiger partial charge in [0.15, 0.2) is 0 Å². The van der Waals surface area contributed by atoms with Crippen LogP contribution in [0.5, 0.6) is 0 Å². The van der Waals surface area contributed by atoms with E-state index in [4.69, 9.17) is 14.9 Å². The number of hydrogen-bond donors (Lipinski definition) is 3. The van der Waals surface area contributed by atoms with Crippen LogP contribution in [0.2, 0.25) is 0 Å². The summed E-state index contributed by atoms with van der Waals surface area (Å²) in [6, 6.07) is 5.81. The van der Waals surface area contributed by atoms with Crippen molar-refractivity contribution in [3.63, 3.8) is 0 Å². The van der Waals surface area contributed by atoms with E-state index in [-0.39, 0.29) is 37.3 Å². The first kappa shape index (κ1) is 31.5. The monoisotopic (exact) mass is 535 g/mol. The molecule has 0 aliphatic rings. The van der Waals surface area contributed by atoms with Gasteiger partial charge in [0.05, 0.1) is 12.4 Å². The van der Waals surface area contributed by atoms with E-state index in [2.05, 4.69) is 36.1 Å². The van der Waals surface area contributed by atoms with E-state index in [0.717, 1.165) is 30.2 Å². The summed E-state index contributed by atoms with van der Waals surface area (Å²) in [7, 11) is 1.70. The highest BCUT2D eigenvalue weighted by Crippen LogP contribution is 2.29. The van der Waals surface area contributed by atoms with Gasteiger partial charge >= 0.3 is 0 Å². The lowest BCUT2D eigenvalue weighted by Crippen LogP contribution is -2.43. The summed E-state index contributed by atoms with van der Waals surface area (Å²) < 4.78 is 10.9. The molecule has 0 aliphatic heterocycles. The Kier molecular flexibility index (Phi) is 13.0. The number of aliphatic hydroxyl groups excluding tert-OH is 1. The van der Waals surface area contributed by atoms with E-state index >= 15 is 0 Å². The number of ether oxygens (including phenoxy) is 1. The minimum absolute atomic E-state index is 0.0235. The summed E-state index contributed by atoms with van der Waals surface area (Å²) in [4.78, 5) is 27.2. The quantitative estimate of drug-likeness (QED) is 0.148. The SMILES string of the molecule is COCCCc1coc2ccc(C[C@@H](C[C@H](N)[C@@H](O)C[C@H](C(=O)NCCO[N+](=O)[O-])C(C)C)C(C)C)cc12. The third-order valence-electron chi connectivity index (χ3n) is 7.26. The Labute approximate surface area is 225 Å². The minimum atomic E-state index is -0.894. The first-order chi connectivity index (χ1) is 18.0. The van der Waals surface area contributed by atoms with Crippen molar-refractivity contribution >= 4 is 16.9 Å². The van der Waals surface area contributed by atoms with Gasteiger partial charge in [0.2, 0.25) is 5.91 Å². The van der Waals surface area contributed by atoms with Gasteiger partial charge in [0, 0.05) is 37.6 Å². The molecular formula is C28H45N3O7. The van der Waals surface area contributed by atoms with Crippen LogP contribution in [0.3, 0.4) is 0 Å². The van der Waals surface area contributed by atoms with Crippen molar-refractivity contribution in [2.24, 2.45) is 29.4 Å². The van der Waals surface area contributed by atoms with E-state index in [1.807, 2.05) is 26.2 Å². The van der Waals surface area contributed by atoms with E-state index in [0.29, 0.717) is 18.9 Å². The Morgan fingerprint density at radius 3 is 2.55 bits per heavy atom. The van der Waals surface area contributed by atoms with Gasteiger partial charge in [-0.15, -0.1) is 10.1 Å². The number of carbonyl (C=O) groups is 1. The van der Waals surface area contributed by atoms with Gasteiger partial charge < -0.3 is 30.1 Å². The lowest BCUT2D eigenvalue weighted by molar-refractivity contribution is -0.757. The van der Waals surface area contributed by atoms with Gasteiger partial charge in [-0.3, -0.25) is 4.79 Å². The molecule has 1 aromatic carbocycles. The number of benzene rings is 1. The molecule has 0 spiro atoms. The summed E-state index contributed by atoms with van der Waals surface area (Å²) in [5, 5.41) is 24.1. The molecule has 0 saturated carbocycles. The molecule has 0 saturated heterocycles. The number of carbonyl (C=O) groups excluding carboxylic acids is 1. The Balaban J connectivity index is 2.01. The number of amides is 1. The van der Waals surface area contributed by atoms with Gasteiger partial charge in [-0.2, -0.15) is 0 Å². The molecule has 38 heavy (non-hydrogen) atoms. The molecule has 10 nitrogen and oxygen atoms in total. The van der Waals surface area contributed by atoms with Gasteiger partial charge in [-0.1, -0.05) is 33.8 Å². The number of nitrogens with two attached hydrogens (primary N) is 1. The molecule has 1 heterocycles. The summed E-state index contributed by atoms with van der Waals surface area (Å²) in [5.74, 6) is -0.182. The number of aryl methyl sites for hydroxylation is 1. The maximum Gasteiger partial charge on any atom is 0.294 e. The number of nitrogens with one attached hydrogen (secondary N) is 1. The molecule has 1 amide bonds. The highest BCUT2D eigenvalue weighted by atomic mass is 16.9. The summed E-state index contributed by atoms with van der Waals surface area (Å²) in [6.45, 7) is 8.64. The maximum atomic E-state index is 12.7. The Bertz CT molecular complexity index is 1010. The molecule has 0 radical (unpaired) electrons. The second-order valence-corrected chi connectivity index (χ2v) is 10.8. The third kappa shape index (κ3) is 9.89. The molecule has 4 atom stereocenters. The van der Waals surface area contributed by atoms with Crippen LogP contribution < -0.4 is 11.1 Å². The fourth-order valence-electron chi connectivity index (χ4n) is 4.80. The van der Waals surface area contributed by atoms with Crippen molar-refractivity contribution in [3.05, 3.63) is 45.7 Å². The molecule has 0 bridgehead atoms. The van der Waals surface area contributed by atoms with E-state index in [9.17, 15) is 20.0 Å². The molecule has 2 rings (SSSR count). The first-order valence-corrected chi connectivity index (χ1v) is 13.5. The Morgan fingerprint density at radius 2 is 1.92 bits per heavy atom. The average molecular weight is 536 g/mol. The van der Waals surface area contributed by atoms with E-state index in [1.54, 1.807) is 7.11 Å². The highest BCUT2D eigenvalue weighted by molar-refractivity contribution is 5.81. The predicted octanol–water partition coefficient (Wildman–Crippen LogP) is 3.89. The van der Waals surface area contributed by atoms with E-state index in [1.165, 1.54) is 11.1 Å². The minimum Gasteiger partial charge on any atom is -0.464 e. The van der Waals surface area contributed by atoms with E-state index < -0.39 is 23.2 Å². The molecule has 2 aromatic rings. The number of hydrogen-bond acceptors (Lipinski definition) is 8.